The highest BCUT2D eigenvalue weighted by Crippen LogP contribution is 2.42. The summed E-state index contributed by atoms with van der Waals surface area (Å²) in [5.41, 5.74) is 1.80. The van der Waals surface area contributed by atoms with Crippen LogP contribution in [0.3, 0.4) is 0 Å². The molecule has 1 saturated carbocycles. The summed E-state index contributed by atoms with van der Waals surface area (Å²) >= 11 is 4.55. The lowest BCUT2D eigenvalue weighted by Gasteiger charge is -2.48. The van der Waals surface area contributed by atoms with Crippen LogP contribution in [0.5, 0.6) is 0 Å². The maximum atomic E-state index is 13.9. The number of ether oxygens (including phenoxy) is 1. The Labute approximate surface area is 232 Å². The molecule has 2 N–H and O–H groups in total. The third-order valence-electron chi connectivity index (χ3n) is 8.15. The van der Waals surface area contributed by atoms with Gasteiger partial charge in [0.25, 0.3) is 0 Å². The van der Waals surface area contributed by atoms with Gasteiger partial charge in [-0.3, -0.25) is 9.10 Å². The van der Waals surface area contributed by atoms with Crippen LogP contribution in [0.15, 0.2) is 42.9 Å². The summed E-state index contributed by atoms with van der Waals surface area (Å²) in [6.45, 7) is 4.64. The van der Waals surface area contributed by atoms with Crippen LogP contribution in [0, 0.1) is 5.92 Å². The molecule has 2 aromatic rings. The molecule has 1 aromatic heterocycles. The van der Waals surface area contributed by atoms with Crippen LogP contribution in [-0.4, -0.2) is 69.0 Å². The van der Waals surface area contributed by atoms with Gasteiger partial charge in [-0.05, 0) is 43.6 Å². The molecule has 0 spiro atoms. The van der Waals surface area contributed by atoms with Crippen LogP contribution in [0.4, 0.5) is 4.79 Å². The van der Waals surface area contributed by atoms with Gasteiger partial charge in [0, 0.05) is 51.0 Å². The number of carbonyl (C=O) groups is 2. The molecule has 1 aliphatic heterocycles. The minimum Gasteiger partial charge on any atom is -0.375 e. The normalized spacial score (nSPS) is 18.6. The highest BCUT2D eigenvalue weighted by molar-refractivity contribution is 7.78. The third-order valence-corrected chi connectivity index (χ3v) is 8.61. The number of likely N-dealkylation sites (tertiary alicyclic amines) is 1. The first-order chi connectivity index (χ1) is 18.5. The van der Waals surface area contributed by atoms with Crippen molar-refractivity contribution in [2.24, 2.45) is 5.92 Å². The van der Waals surface area contributed by atoms with E-state index in [-0.39, 0.29) is 17.5 Å². The average Bonchev–Trinajstić information content (AvgIpc) is 3.49. The van der Waals surface area contributed by atoms with Gasteiger partial charge in [0.1, 0.15) is 6.04 Å². The number of piperidine rings is 1. The van der Waals surface area contributed by atoms with Gasteiger partial charge in [-0.15, -0.1) is 0 Å². The van der Waals surface area contributed by atoms with E-state index in [2.05, 4.69) is 35.0 Å². The number of nitrogens with one attached hydrogen (secondary N) is 2. The van der Waals surface area contributed by atoms with Crippen molar-refractivity contribution < 1.29 is 14.3 Å². The number of benzene rings is 1. The smallest absolute Gasteiger partial charge is 0.327 e. The molecular weight excluding hydrogens is 498 g/mol. The minimum absolute atomic E-state index is 0.0553. The Morgan fingerprint density at radius 3 is 2.61 bits per heavy atom. The van der Waals surface area contributed by atoms with Gasteiger partial charge in [0.2, 0.25) is 5.91 Å². The molecule has 4 rings (SSSR count). The van der Waals surface area contributed by atoms with Crippen LogP contribution in [0.2, 0.25) is 0 Å². The first-order valence-corrected chi connectivity index (χ1v) is 14.6. The van der Waals surface area contributed by atoms with Gasteiger partial charge in [-0.25, -0.2) is 9.78 Å². The van der Waals surface area contributed by atoms with E-state index >= 15 is 0 Å². The van der Waals surface area contributed by atoms with E-state index < -0.39 is 6.04 Å². The van der Waals surface area contributed by atoms with Gasteiger partial charge in [0.15, 0.2) is 0 Å². The quantitative estimate of drug-likeness (QED) is 0.357. The Morgan fingerprint density at radius 1 is 1.21 bits per heavy atom. The maximum Gasteiger partial charge on any atom is 0.327 e. The summed E-state index contributed by atoms with van der Waals surface area (Å²) in [6.07, 6.45) is 13.4. The second-order valence-corrected chi connectivity index (χ2v) is 11.1. The maximum absolute atomic E-state index is 13.9. The molecular formula is C29H43N5O3S. The van der Waals surface area contributed by atoms with Crippen LogP contribution < -0.4 is 5.32 Å². The molecule has 2 fully saturated rings. The van der Waals surface area contributed by atoms with Gasteiger partial charge < -0.3 is 19.9 Å². The number of hydrogen-bond acceptors (Lipinski definition) is 5. The number of aromatic nitrogens is 2. The van der Waals surface area contributed by atoms with Crippen LogP contribution in [0.25, 0.3) is 0 Å². The van der Waals surface area contributed by atoms with E-state index in [1.807, 2.05) is 35.2 Å². The summed E-state index contributed by atoms with van der Waals surface area (Å²) in [4.78, 5) is 35.9. The minimum atomic E-state index is -0.702. The molecule has 208 valence electrons. The fraction of sp³-hybridized carbons (Fsp3) is 0.621. The van der Waals surface area contributed by atoms with E-state index in [4.69, 9.17) is 4.74 Å². The number of aromatic amines is 1. The van der Waals surface area contributed by atoms with Crippen molar-refractivity contribution in [2.75, 3.05) is 26.2 Å². The topological polar surface area (TPSA) is 90.6 Å². The van der Waals surface area contributed by atoms with Crippen molar-refractivity contribution >= 4 is 24.8 Å². The molecule has 1 aliphatic carbocycles. The fourth-order valence-corrected chi connectivity index (χ4v) is 6.24. The number of H-pyrrole nitrogens is 1. The predicted molar refractivity (Wildman–Crippen MR) is 152 cm³/mol. The third kappa shape index (κ3) is 7.32. The molecule has 1 aromatic carbocycles. The van der Waals surface area contributed by atoms with Crippen LogP contribution in [0.1, 0.15) is 69.5 Å². The molecule has 0 radical (unpaired) electrons. The Balaban J connectivity index is 1.42. The van der Waals surface area contributed by atoms with Crippen molar-refractivity contribution in [1.29, 1.82) is 0 Å². The van der Waals surface area contributed by atoms with Crippen molar-refractivity contribution in [1.82, 2.24) is 24.5 Å². The standard InChI is InChI=1S/C29H43N5O3S/c1-2-19-37-29(24-11-7-4-8-12-24)14-17-33(18-15-29)27(35)26(20-23-9-5-3-6-10-23)34(38)28(36)31-16-13-25-21-30-22-32-25/h3,5-6,9-10,21-22,24,26,38H,2,4,7-8,11-20H2,1H3,(H,30,32)(H,31,36)/t26-/m1/s1. The molecule has 0 bridgehead atoms. The van der Waals surface area contributed by atoms with E-state index in [9.17, 15) is 9.59 Å². The number of amides is 3. The monoisotopic (exact) mass is 541 g/mol. The first kappa shape index (κ1) is 28.5. The molecule has 3 amide bonds. The highest BCUT2D eigenvalue weighted by atomic mass is 32.1. The number of urea groups is 1. The van der Waals surface area contributed by atoms with E-state index in [1.54, 1.807) is 12.5 Å². The zero-order valence-electron chi connectivity index (χ0n) is 22.6. The second-order valence-electron chi connectivity index (χ2n) is 10.7. The largest absolute Gasteiger partial charge is 0.375 e. The number of hydrogen-bond donors (Lipinski definition) is 3. The lowest BCUT2D eigenvalue weighted by atomic mass is 9.72. The SMILES string of the molecule is CCCOC1(C2CCCCC2)CCN(C(=O)[C@@H](Cc2ccccc2)N(S)C(=O)NCCc2cnc[nH]2)CC1. The molecule has 38 heavy (non-hydrogen) atoms. The number of thiol groups is 1. The van der Waals surface area contributed by atoms with Crippen molar-refractivity contribution in [3.05, 3.63) is 54.1 Å². The fourth-order valence-electron chi connectivity index (χ4n) is 5.98. The zero-order valence-corrected chi connectivity index (χ0v) is 23.5. The number of rotatable bonds is 11. The highest BCUT2D eigenvalue weighted by Gasteiger charge is 2.44. The van der Waals surface area contributed by atoms with Gasteiger partial charge in [-0.1, -0.05) is 69.3 Å². The first-order valence-electron chi connectivity index (χ1n) is 14.2. The van der Waals surface area contributed by atoms with E-state index in [0.717, 1.165) is 37.1 Å². The average molecular weight is 542 g/mol. The van der Waals surface area contributed by atoms with Gasteiger partial charge >= 0.3 is 6.03 Å². The molecule has 2 aliphatic rings. The summed E-state index contributed by atoms with van der Waals surface area (Å²) in [5.74, 6) is 0.516. The Morgan fingerprint density at radius 2 is 1.95 bits per heavy atom. The molecule has 9 heteroatoms. The molecule has 1 atom stereocenters. The molecule has 1 saturated heterocycles. The zero-order chi connectivity index (χ0) is 26.8. The summed E-state index contributed by atoms with van der Waals surface area (Å²) in [5, 5.41) is 2.90. The number of imidazole rings is 1. The van der Waals surface area contributed by atoms with E-state index in [1.165, 1.54) is 36.4 Å². The number of carbonyl (C=O) groups excluding carboxylic acids is 2. The Kier molecular flexibility index (Phi) is 10.5. The van der Waals surface area contributed by atoms with E-state index in [0.29, 0.717) is 38.4 Å². The molecule has 0 unspecified atom stereocenters. The lowest BCUT2D eigenvalue weighted by molar-refractivity contribution is -0.150. The lowest BCUT2D eigenvalue weighted by Crippen LogP contribution is -2.57. The van der Waals surface area contributed by atoms with Crippen LogP contribution >= 0.6 is 12.8 Å². The van der Waals surface area contributed by atoms with Crippen molar-refractivity contribution in [3.63, 3.8) is 0 Å². The summed E-state index contributed by atoms with van der Waals surface area (Å²) in [6, 6.07) is 8.76. The molecule has 2 heterocycles. The van der Waals surface area contributed by atoms with Crippen LogP contribution in [-0.2, 0) is 22.4 Å². The number of nitrogens with zero attached hydrogens (tertiary/aromatic N) is 3. The van der Waals surface area contributed by atoms with Gasteiger partial charge in [0.05, 0.1) is 11.9 Å². The predicted octanol–water partition coefficient (Wildman–Crippen LogP) is 4.79. The Bertz CT molecular complexity index is 989. The second kappa shape index (κ2) is 14.0. The van der Waals surface area contributed by atoms with Crippen molar-refractivity contribution in [2.45, 2.75) is 82.8 Å². The molecule has 8 nitrogen and oxygen atoms in total. The van der Waals surface area contributed by atoms with Crippen molar-refractivity contribution in [3.8, 4) is 0 Å². The summed E-state index contributed by atoms with van der Waals surface area (Å²) < 4.78 is 7.85. The Hall–Kier alpha value is -2.52. The van der Waals surface area contributed by atoms with Gasteiger partial charge in [-0.2, -0.15) is 0 Å². The summed E-state index contributed by atoms with van der Waals surface area (Å²) in [7, 11) is 0.